The topological polar surface area (TPSA) is 41.1 Å². The van der Waals surface area contributed by atoms with Crippen LogP contribution in [-0.2, 0) is 4.79 Å². The van der Waals surface area contributed by atoms with E-state index in [4.69, 9.17) is 11.6 Å². The third-order valence-corrected chi connectivity index (χ3v) is 3.50. The molecule has 1 aromatic carbocycles. The molecule has 0 aliphatic carbocycles. The Labute approximate surface area is 120 Å². The summed E-state index contributed by atoms with van der Waals surface area (Å²) in [6.07, 6.45) is 1.93. The second-order valence-electron chi connectivity index (χ2n) is 4.74. The van der Waals surface area contributed by atoms with Crippen LogP contribution in [0.15, 0.2) is 24.3 Å². The first-order valence-corrected chi connectivity index (χ1v) is 7.22. The number of hydrogen-bond acceptors (Lipinski definition) is 2. The molecule has 0 radical (unpaired) electrons. The molecule has 1 rings (SSSR count). The van der Waals surface area contributed by atoms with E-state index in [2.05, 4.69) is 24.5 Å². The molecule has 0 bridgehead atoms. The van der Waals surface area contributed by atoms with Gasteiger partial charge in [-0.25, -0.2) is 0 Å². The van der Waals surface area contributed by atoms with Crippen molar-refractivity contribution in [3.63, 3.8) is 0 Å². The lowest BCUT2D eigenvalue weighted by atomic mass is 10.1. The van der Waals surface area contributed by atoms with E-state index in [0.29, 0.717) is 11.6 Å². The molecule has 1 unspecified atom stereocenters. The van der Waals surface area contributed by atoms with Crippen molar-refractivity contribution in [1.29, 1.82) is 0 Å². The SMILES string of the molecule is CCC(CC)NC(=O)CNC(C)c1cccc(Cl)c1. The normalized spacial score (nSPS) is 12.5. The fraction of sp³-hybridized carbons (Fsp3) is 0.533. The molecule has 19 heavy (non-hydrogen) atoms. The molecule has 106 valence electrons. The molecular formula is C15H23ClN2O. The summed E-state index contributed by atoms with van der Waals surface area (Å²) in [7, 11) is 0. The van der Waals surface area contributed by atoms with Crippen LogP contribution in [0.5, 0.6) is 0 Å². The Hall–Kier alpha value is -1.06. The summed E-state index contributed by atoms with van der Waals surface area (Å²) in [5, 5.41) is 6.93. The molecule has 0 aliphatic rings. The fourth-order valence-corrected chi connectivity index (χ4v) is 2.11. The zero-order valence-corrected chi connectivity index (χ0v) is 12.6. The summed E-state index contributed by atoms with van der Waals surface area (Å²) in [6.45, 7) is 6.51. The highest BCUT2D eigenvalue weighted by molar-refractivity contribution is 6.30. The number of hydrogen-bond donors (Lipinski definition) is 2. The summed E-state index contributed by atoms with van der Waals surface area (Å²) < 4.78 is 0. The highest BCUT2D eigenvalue weighted by atomic mass is 35.5. The molecular weight excluding hydrogens is 260 g/mol. The largest absolute Gasteiger partial charge is 0.352 e. The van der Waals surface area contributed by atoms with Gasteiger partial charge in [0.05, 0.1) is 6.54 Å². The van der Waals surface area contributed by atoms with Gasteiger partial charge in [0.15, 0.2) is 0 Å². The minimum absolute atomic E-state index is 0.0441. The molecule has 0 saturated carbocycles. The van der Waals surface area contributed by atoms with Gasteiger partial charge in [-0.05, 0) is 37.5 Å². The zero-order chi connectivity index (χ0) is 14.3. The van der Waals surface area contributed by atoms with Crippen LogP contribution in [-0.4, -0.2) is 18.5 Å². The van der Waals surface area contributed by atoms with Crippen molar-refractivity contribution in [2.75, 3.05) is 6.54 Å². The molecule has 1 atom stereocenters. The van der Waals surface area contributed by atoms with Crippen LogP contribution >= 0.6 is 11.6 Å². The van der Waals surface area contributed by atoms with E-state index >= 15 is 0 Å². The first kappa shape index (κ1) is 16.0. The molecule has 3 nitrogen and oxygen atoms in total. The van der Waals surface area contributed by atoms with E-state index in [9.17, 15) is 4.79 Å². The molecule has 0 saturated heterocycles. The predicted octanol–water partition coefficient (Wildman–Crippen LogP) is 3.30. The second kappa shape index (κ2) is 8.18. The van der Waals surface area contributed by atoms with Crippen molar-refractivity contribution in [3.8, 4) is 0 Å². The smallest absolute Gasteiger partial charge is 0.234 e. The van der Waals surface area contributed by atoms with Crippen molar-refractivity contribution in [2.24, 2.45) is 0 Å². The Kier molecular flexibility index (Phi) is 6.89. The lowest BCUT2D eigenvalue weighted by Crippen LogP contribution is -2.40. The summed E-state index contributed by atoms with van der Waals surface area (Å²) in [4.78, 5) is 11.8. The fourth-order valence-electron chi connectivity index (χ4n) is 1.91. The van der Waals surface area contributed by atoms with E-state index < -0.39 is 0 Å². The highest BCUT2D eigenvalue weighted by Gasteiger charge is 2.10. The average molecular weight is 283 g/mol. The van der Waals surface area contributed by atoms with Crippen LogP contribution in [0.25, 0.3) is 0 Å². The molecule has 0 aromatic heterocycles. The Balaban J connectivity index is 2.41. The minimum atomic E-state index is 0.0441. The highest BCUT2D eigenvalue weighted by Crippen LogP contribution is 2.16. The quantitative estimate of drug-likeness (QED) is 0.806. The van der Waals surface area contributed by atoms with Crippen molar-refractivity contribution in [2.45, 2.75) is 45.7 Å². The number of amides is 1. The lowest BCUT2D eigenvalue weighted by molar-refractivity contribution is -0.121. The Morgan fingerprint density at radius 3 is 2.58 bits per heavy atom. The van der Waals surface area contributed by atoms with Gasteiger partial charge in [0, 0.05) is 17.1 Å². The number of benzene rings is 1. The van der Waals surface area contributed by atoms with E-state index in [0.717, 1.165) is 18.4 Å². The molecule has 0 heterocycles. The van der Waals surface area contributed by atoms with Crippen molar-refractivity contribution in [1.82, 2.24) is 10.6 Å². The number of rotatable bonds is 7. The Morgan fingerprint density at radius 1 is 1.32 bits per heavy atom. The van der Waals surface area contributed by atoms with Gasteiger partial charge in [0.25, 0.3) is 0 Å². The van der Waals surface area contributed by atoms with Crippen LogP contribution in [0.2, 0.25) is 5.02 Å². The molecule has 4 heteroatoms. The van der Waals surface area contributed by atoms with Gasteiger partial charge in [0.2, 0.25) is 5.91 Å². The van der Waals surface area contributed by atoms with E-state index in [1.165, 1.54) is 0 Å². The van der Waals surface area contributed by atoms with E-state index in [1.54, 1.807) is 0 Å². The molecule has 0 aliphatic heterocycles. The Morgan fingerprint density at radius 2 is 2.00 bits per heavy atom. The van der Waals surface area contributed by atoms with Crippen LogP contribution in [0.1, 0.15) is 45.2 Å². The summed E-state index contributed by atoms with van der Waals surface area (Å²) >= 11 is 5.95. The summed E-state index contributed by atoms with van der Waals surface area (Å²) in [5.74, 6) is 0.0441. The van der Waals surface area contributed by atoms with E-state index in [1.807, 2.05) is 31.2 Å². The van der Waals surface area contributed by atoms with Gasteiger partial charge in [-0.1, -0.05) is 37.6 Å². The number of nitrogens with one attached hydrogen (secondary N) is 2. The number of halogens is 1. The van der Waals surface area contributed by atoms with Crippen molar-refractivity contribution < 1.29 is 4.79 Å². The predicted molar refractivity (Wildman–Crippen MR) is 80.4 cm³/mol. The number of carbonyl (C=O) groups excluding carboxylic acids is 1. The van der Waals surface area contributed by atoms with Crippen LogP contribution in [0.3, 0.4) is 0 Å². The van der Waals surface area contributed by atoms with Gasteiger partial charge in [-0.3, -0.25) is 4.79 Å². The standard InChI is InChI=1S/C15H23ClN2O/c1-4-14(5-2)18-15(19)10-17-11(3)12-7-6-8-13(16)9-12/h6-9,11,14,17H,4-5,10H2,1-3H3,(H,18,19). The van der Waals surface area contributed by atoms with Gasteiger partial charge in [0.1, 0.15) is 0 Å². The summed E-state index contributed by atoms with van der Waals surface area (Å²) in [6, 6.07) is 8.06. The van der Waals surface area contributed by atoms with Gasteiger partial charge in [-0.2, -0.15) is 0 Å². The van der Waals surface area contributed by atoms with E-state index in [-0.39, 0.29) is 18.0 Å². The molecule has 1 amide bonds. The monoisotopic (exact) mass is 282 g/mol. The van der Waals surface area contributed by atoms with Gasteiger partial charge in [-0.15, -0.1) is 0 Å². The first-order valence-electron chi connectivity index (χ1n) is 6.85. The molecule has 0 fully saturated rings. The third-order valence-electron chi connectivity index (χ3n) is 3.27. The van der Waals surface area contributed by atoms with Crippen LogP contribution < -0.4 is 10.6 Å². The van der Waals surface area contributed by atoms with Crippen LogP contribution in [0, 0.1) is 0 Å². The average Bonchev–Trinajstić information content (AvgIpc) is 2.42. The maximum Gasteiger partial charge on any atom is 0.234 e. The van der Waals surface area contributed by atoms with Crippen molar-refractivity contribution >= 4 is 17.5 Å². The third kappa shape index (κ3) is 5.62. The summed E-state index contributed by atoms with van der Waals surface area (Å²) in [5.41, 5.74) is 1.09. The minimum Gasteiger partial charge on any atom is -0.352 e. The van der Waals surface area contributed by atoms with Gasteiger partial charge < -0.3 is 10.6 Å². The zero-order valence-electron chi connectivity index (χ0n) is 11.9. The maximum atomic E-state index is 11.8. The van der Waals surface area contributed by atoms with Gasteiger partial charge >= 0.3 is 0 Å². The lowest BCUT2D eigenvalue weighted by Gasteiger charge is -2.17. The molecule has 2 N–H and O–H groups in total. The molecule has 0 spiro atoms. The first-order chi connectivity index (χ1) is 9.06. The Bertz CT molecular complexity index is 405. The number of carbonyl (C=O) groups is 1. The van der Waals surface area contributed by atoms with Crippen LogP contribution in [0.4, 0.5) is 0 Å². The molecule has 1 aromatic rings. The maximum absolute atomic E-state index is 11.8. The van der Waals surface area contributed by atoms with Crippen molar-refractivity contribution in [3.05, 3.63) is 34.9 Å². The second-order valence-corrected chi connectivity index (χ2v) is 5.17.